The second-order valence-electron chi connectivity index (χ2n) is 5.49. The maximum absolute atomic E-state index is 6.30. The first-order chi connectivity index (χ1) is 12.2. The van der Waals surface area contributed by atoms with E-state index in [0.29, 0.717) is 6.54 Å². The molecular weight excluding hydrogens is 338 g/mol. The first kappa shape index (κ1) is 15.3. The Labute approximate surface area is 148 Å². The molecule has 4 rings (SSSR count). The van der Waals surface area contributed by atoms with Gasteiger partial charge in [-0.3, -0.25) is 0 Å². The molecule has 0 bridgehead atoms. The topological polar surface area (TPSA) is 86.9 Å². The quantitative estimate of drug-likeness (QED) is 0.573. The Balaban J connectivity index is 1.75. The van der Waals surface area contributed by atoms with Crippen molar-refractivity contribution in [3.05, 3.63) is 70.9 Å². The van der Waals surface area contributed by atoms with Gasteiger partial charge in [-0.2, -0.15) is 5.10 Å². The number of fused-ring (bicyclic) bond motifs is 1. The number of hydrogen-bond acceptors (Lipinski definition) is 5. The molecule has 0 aliphatic heterocycles. The molecule has 4 aromatic rings. The molecule has 7 nitrogen and oxygen atoms in total. The smallest absolute Gasteiger partial charge is 0.263 e. The Morgan fingerprint density at radius 3 is 2.72 bits per heavy atom. The monoisotopic (exact) mass is 351 g/mol. The van der Waals surface area contributed by atoms with Crippen molar-refractivity contribution >= 4 is 34.7 Å². The number of nitrogens with two attached hydrogens (primary N) is 1. The molecule has 8 heteroatoms. The van der Waals surface area contributed by atoms with E-state index in [1.165, 1.54) is 4.79 Å². The third-order valence-electron chi connectivity index (χ3n) is 3.90. The fourth-order valence-corrected chi connectivity index (χ4v) is 2.90. The summed E-state index contributed by atoms with van der Waals surface area (Å²) in [6.07, 6.45) is 3.72. The number of para-hydroxylation sites is 1. The molecule has 2 aromatic carbocycles. The lowest BCUT2D eigenvalue weighted by Crippen LogP contribution is -2.00. The van der Waals surface area contributed by atoms with Gasteiger partial charge < -0.3 is 10.3 Å². The van der Waals surface area contributed by atoms with Crippen LogP contribution in [-0.2, 0) is 6.54 Å². The van der Waals surface area contributed by atoms with Crippen molar-refractivity contribution in [3.63, 3.8) is 0 Å². The molecular formula is C17H14ClN7. The summed E-state index contributed by atoms with van der Waals surface area (Å²) < 4.78 is 2.14. The average Bonchev–Trinajstić information content (AvgIpc) is 3.19. The van der Waals surface area contributed by atoms with E-state index in [-0.39, 0.29) is 5.95 Å². The Morgan fingerprint density at radius 2 is 1.92 bits per heavy atom. The van der Waals surface area contributed by atoms with Crippen molar-refractivity contribution in [2.45, 2.75) is 6.54 Å². The zero-order valence-corrected chi connectivity index (χ0v) is 13.9. The van der Waals surface area contributed by atoms with Gasteiger partial charge in [-0.25, -0.2) is 0 Å². The summed E-state index contributed by atoms with van der Waals surface area (Å²) in [6.45, 7) is 0.668. The zero-order chi connectivity index (χ0) is 17.2. The summed E-state index contributed by atoms with van der Waals surface area (Å²) in [5, 5.41) is 16.8. The molecule has 2 N–H and O–H groups in total. The van der Waals surface area contributed by atoms with Crippen molar-refractivity contribution in [2.75, 3.05) is 5.73 Å². The van der Waals surface area contributed by atoms with Crippen LogP contribution in [0.15, 0.2) is 59.8 Å². The predicted molar refractivity (Wildman–Crippen MR) is 97.7 cm³/mol. The maximum Gasteiger partial charge on any atom is 0.263 e. The Bertz CT molecular complexity index is 1060. The van der Waals surface area contributed by atoms with Gasteiger partial charge in [-0.15, -0.1) is 0 Å². The van der Waals surface area contributed by atoms with Gasteiger partial charge in [0, 0.05) is 34.2 Å². The Morgan fingerprint density at radius 1 is 1.12 bits per heavy atom. The number of tetrazole rings is 1. The third-order valence-corrected chi connectivity index (χ3v) is 4.27. The average molecular weight is 352 g/mol. The fourth-order valence-electron chi connectivity index (χ4n) is 2.71. The molecule has 0 aliphatic rings. The van der Waals surface area contributed by atoms with Crippen LogP contribution in [0.25, 0.3) is 10.9 Å². The highest BCUT2D eigenvalue weighted by Gasteiger charge is 2.09. The lowest BCUT2D eigenvalue weighted by molar-refractivity contribution is 0.699. The van der Waals surface area contributed by atoms with Crippen LogP contribution in [0, 0.1) is 0 Å². The molecule has 0 atom stereocenters. The Hall–Kier alpha value is -3.19. The van der Waals surface area contributed by atoms with Crippen LogP contribution < -0.4 is 5.73 Å². The molecule has 2 aromatic heterocycles. The highest BCUT2D eigenvalue weighted by Crippen LogP contribution is 2.23. The van der Waals surface area contributed by atoms with Gasteiger partial charge in [0.05, 0.1) is 6.21 Å². The summed E-state index contributed by atoms with van der Waals surface area (Å²) in [4.78, 5) is 1.18. The molecule has 0 radical (unpaired) electrons. The van der Waals surface area contributed by atoms with Crippen molar-refractivity contribution < 1.29 is 0 Å². The van der Waals surface area contributed by atoms with Crippen LogP contribution in [0.2, 0.25) is 5.02 Å². The molecule has 0 spiro atoms. The molecule has 0 fully saturated rings. The lowest BCUT2D eigenvalue weighted by atomic mass is 10.2. The van der Waals surface area contributed by atoms with E-state index in [2.05, 4.69) is 31.3 Å². The van der Waals surface area contributed by atoms with Gasteiger partial charge in [-0.1, -0.05) is 57.9 Å². The maximum atomic E-state index is 6.30. The largest absolute Gasteiger partial charge is 0.365 e. The number of halogens is 1. The van der Waals surface area contributed by atoms with Crippen LogP contribution in [0.5, 0.6) is 0 Å². The van der Waals surface area contributed by atoms with E-state index in [4.69, 9.17) is 17.3 Å². The highest BCUT2D eigenvalue weighted by atomic mass is 35.5. The summed E-state index contributed by atoms with van der Waals surface area (Å²) in [5.41, 5.74) is 8.72. The van der Waals surface area contributed by atoms with Crippen LogP contribution in [0.1, 0.15) is 11.1 Å². The number of rotatable bonds is 4. The van der Waals surface area contributed by atoms with Crippen molar-refractivity contribution in [1.29, 1.82) is 0 Å². The molecule has 0 aliphatic carbocycles. The number of nitrogen functional groups attached to an aromatic ring is 1. The molecule has 124 valence electrons. The standard InChI is InChI=1S/C17H14ClN7/c18-15-7-3-1-5-12(15)10-24-11-13(14-6-2-4-8-16(14)24)9-20-25-17(19)21-22-23-25/h1-9,11H,10H2,(H2,19,21,23). The zero-order valence-electron chi connectivity index (χ0n) is 13.1. The lowest BCUT2D eigenvalue weighted by Gasteiger charge is -2.07. The van der Waals surface area contributed by atoms with Gasteiger partial charge >= 0.3 is 0 Å². The third kappa shape index (κ3) is 2.97. The number of hydrogen-bond donors (Lipinski definition) is 1. The van der Waals surface area contributed by atoms with Crippen molar-refractivity contribution in [2.24, 2.45) is 5.10 Å². The first-order valence-electron chi connectivity index (χ1n) is 7.62. The van der Waals surface area contributed by atoms with E-state index in [0.717, 1.165) is 27.1 Å². The van der Waals surface area contributed by atoms with Gasteiger partial charge in [0.15, 0.2) is 0 Å². The predicted octanol–water partition coefficient (Wildman–Crippen LogP) is 2.79. The second kappa shape index (κ2) is 6.37. The highest BCUT2D eigenvalue weighted by molar-refractivity contribution is 6.31. The minimum Gasteiger partial charge on any atom is -0.365 e. The van der Waals surface area contributed by atoms with Gasteiger partial charge in [0.1, 0.15) is 0 Å². The van der Waals surface area contributed by atoms with Crippen LogP contribution >= 0.6 is 11.6 Å². The van der Waals surface area contributed by atoms with Gasteiger partial charge in [-0.05, 0) is 28.1 Å². The summed E-state index contributed by atoms with van der Waals surface area (Å²) in [6, 6.07) is 15.9. The van der Waals surface area contributed by atoms with Crippen molar-refractivity contribution in [1.82, 2.24) is 24.9 Å². The molecule has 0 saturated carbocycles. The normalized spacial score (nSPS) is 11.6. The van der Waals surface area contributed by atoms with Crippen molar-refractivity contribution in [3.8, 4) is 0 Å². The number of aromatic nitrogens is 5. The van der Waals surface area contributed by atoms with Crippen LogP contribution in [-0.4, -0.2) is 31.1 Å². The van der Waals surface area contributed by atoms with E-state index in [1.807, 2.05) is 48.7 Å². The first-order valence-corrected chi connectivity index (χ1v) is 7.99. The number of anilines is 1. The van der Waals surface area contributed by atoms with E-state index < -0.39 is 0 Å². The summed E-state index contributed by atoms with van der Waals surface area (Å²) in [7, 11) is 0. The fraction of sp³-hybridized carbons (Fsp3) is 0.0588. The van der Waals surface area contributed by atoms with Crippen LogP contribution in [0.3, 0.4) is 0 Å². The Kier molecular flexibility index (Phi) is 3.91. The minimum absolute atomic E-state index is 0.135. The molecule has 2 heterocycles. The minimum atomic E-state index is 0.135. The van der Waals surface area contributed by atoms with E-state index in [1.54, 1.807) is 6.21 Å². The second-order valence-corrected chi connectivity index (χ2v) is 5.90. The molecule has 25 heavy (non-hydrogen) atoms. The van der Waals surface area contributed by atoms with E-state index in [9.17, 15) is 0 Å². The summed E-state index contributed by atoms with van der Waals surface area (Å²) >= 11 is 6.30. The molecule has 0 unspecified atom stereocenters. The number of nitrogens with zero attached hydrogens (tertiary/aromatic N) is 6. The molecule has 0 amide bonds. The SMILES string of the molecule is Nc1nnnn1N=Cc1cn(Cc2ccccc2Cl)c2ccccc12. The number of benzene rings is 2. The van der Waals surface area contributed by atoms with Gasteiger partial charge in [0.2, 0.25) is 0 Å². The van der Waals surface area contributed by atoms with E-state index >= 15 is 0 Å². The molecule has 0 saturated heterocycles. The van der Waals surface area contributed by atoms with Gasteiger partial charge in [0.25, 0.3) is 5.95 Å². The van der Waals surface area contributed by atoms with Crippen LogP contribution in [0.4, 0.5) is 5.95 Å². The summed E-state index contributed by atoms with van der Waals surface area (Å²) in [5.74, 6) is 0.135.